The second kappa shape index (κ2) is 2.76. The van der Waals surface area contributed by atoms with Crippen LogP contribution in [0.15, 0.2) is 0 Å². The lowest BCUT2D eigenvalue weighted by Crippen LogP contribution is -2.58. The highest BCUT2D eigenvalue weighted by Crippen LogP contribution is 2.72. The first-order valence-corrected chi connectivity index (χ1v) is 5.81. The van der Waals surface area contributed by atoms with Crippen LogP contribution < -0.4 is 0 Å². The van der Waals surface area contributed by atoms with E-state index in [1.165, 1.54) is 0 Å². The Morgan fingerprint density at radius 2 is 2.00 bits per heavy atom. The van der Waals surface area contributed by atoms with Crippen molar-refractivity contribution < 1.29 is 28.0 Å². The number of ether oxygens (including phenoxy) is 1. The second-order valence-corrected chi connectivity index (χ2v) is 4.84. The first-order valence-electron chi connectivity index (χ1n) is 4.35. The zero-order chi connectivity index (χ0) is 9.81. The number of phosphoric ester groups is 1. The third-order valence-corrected chi connectivity index (χ3v) is 3.86. The van der Waals surface area contributed by atoms with Crippen molar-refractivity contribution in [2.75, 3.05) is 26.3 Å². The van der Waals surface area contributed by atoms with Crippen molar-refractivity contribution in [3.63, 3.8) is 0 Å². The van der Waals surface area contributed by atoms with Crippen LogP contribution in [0.4, 0.5) is 0 Å². The molecule has 0 saturated carbocycles. The molecule has 0 radical (unpaired) electrons. The van der Waals surface area contributed by atoms with Gasteiger partial charge in [-0.1, -0.05) is 0 Å². The van der Waals surface area contributed by atoms with Gasteiger partial charge < -0.3 is 9.84 Å². The number of hydrogen-bond donors (Lipinski definition) is 1. The minimum atomic E-state index is -3.42. The Kier molecular flexibility index (Phi) is 1.82. The summed E-state index contributed by atoms with van der Waals surface area (Å²) in [6, 6.07) is 0. The molecule has 2 bridgehead atoms. The summed E-state index contributed by atoms with van der Waals surface area (Å²) in [4.78, 5) is 1.60. The minimum Gasteiger partial charge on any atom is -0.379 e. The molecule has 4 fully saturated rings. The summed E-state index contributed by atoms with van der Waals surface area (Å²) in [5.41, 5.74) is 0. The Labute approximate surface area is 80.1 Å². The number of morpholine rings is 1. The molecule has 0 aromatic carbocycles. The van der Waals surface area contributed by atoms with Gasteiger partial charge in [0.15, 0.2) is 0 Å². The maximum absolute atomic E-state index is 11.3. The molecule has 8 heteroatoms. The average Bonchev–Trinajstić information content (AvgIpc) is 2.54. The summed E-state index contributed by atoms with van der Waals surface area (Å²) >= 11 is 0. The fourth-order valence-corrected chi connectivity index (χ4v) is 3.10. The maximum atomic E-state index is 11.3. The minimum absolute atomic E-state index is 0.500. The number of aliphatic hydroxyl groups is 1. The largest absolute Gasteiger partial charge is 0.483 e. The Bertz CT molecular complexity index is 295. The molecule has 4 aliphatic heterocycles. The molecule has 4 saturated heterocycles. The van der Waals surface area contributed by atoms with Crippen LogP contribution in [0.3, 0.4) is 0 Å². The monoisotopic (exact) mass is 223 g/mol. The van der Waals surface area contributed by atoms with Gasteiger partial charge in [-0.2, -0.15) is 0 Å². The summed E-state index contributed by atoms with van der Waals surface area (Å²) in [5, 5.41) is 10.0. The first-order chi connectivity index (χ1) is 6.62. The van der Waals surface area contributed by atoms with E-state index in [-0.39, 0.29) is 0 Å². The summed E-state index contributed by atoms with van der Waals surface area (Å²) < 4.78 is 30.8. The van der Waals surface area contributed by atoms with E-state index in [9.17, 15) is 9.67 Å². The second-order valence-electron chi connectivity index (χ2n) is 3.34. The number of nitrogens with zero attached hydrogens (tertiary/aromatic N) is 1. The smallest absolute Gasteiger partial charge is 0.379 e. The van der Waals surface area contributed by atoms with Crippen LogP contribution in [-0.4, -0.2) is 48.5 Å². The summed E-state index contributed by atoms with van der Waals surface area (Å²) in [7, 11) is -3.42. The number of fused-ring (bicyclic) bond motifs is 1. The highest BCUT2D eigenvalue weighted by molar-refractivity contribution is 7.50. The third kappa shape index (κ3) is 1.12. The predicted molar refractivity (Wildman–Crippen MR) is 42.0 cm³/mol. The van der Waals surface area contributed by atoms with Crippen LogP contribution in [0.2, 0.25) is 0 Å². The molecule has 1 atom stereocenters. The normalized spacial score (nSPS) is 53.1. The Hall–Kier alpha value is -0.0100. The standard InChI is InChI=1S/C6H10NO6P/c8-6(7-1-3-10-4-2-7)5-11-14(9,12-5)13-6/h5,8H,1-4H2. The van der Waals surface area contributed by atoms with E-state index >= 15 is 0 Å². The topological polar surface area (TPSA) is 77.5 Å². The zero-order valence-corrected chi connectivity index (χ0v) is 8.18. The summed E-state index contributed by atoms with van der Waals surface area (Å²) in [6.45, 7) is 2.00. The molecule has 0 aromatic heterocycles. The number of phosphoric acid groups is 1. The van der Waals surface area contributed by atoms with Crippen molar-refractivity contribution >= 4 is 7.82 Å². The highest BCUT2D eigenvalue weighted by atomic mass is 31.2. The van der Waals surface area contributed by atoms with Crippen LogP contribution in [0.25, 0.3) is 0 Å². The molecule has 1 unspecified atom stereocenters. The van der Waals surface area contributed by atoms with E-state index in [1.807, 2.05) is 0 Å². The van der Waals surface area contributed by atoms with Gasteiger partial charge in [0.2, 0.25) is 6.29 Å². The molecule has 80 valence electrons. The van der Waals surface area contributed by atoms with Gasteiger partial charge in [-0.3, -0.25) is 0 Å². The van der Waals surface area contributed by atoms with Crippen LogP contribution in [0.1, 0.15) is 0 Å². The van der Waals surface area contributed by atoms with Gasteiger partial charge in [-0.15, -0.1) is 0 Å². The quantitative estimate of drug-likeness (QED) is 0.599. The molecule has 4 rings (SSSR count). The first kappa shape index (κ1) is 9.23. The fourth-order valence-electron chi connectivity index (χ4n) is 1.72. The summed E-state index contributed by atoms with van der Waals surface area (Å²) in [5.74, 6) is -1.70. The van der Waals surface area contributed by atoms with Crippen LogP contribution in [-0.2, 0) is 22.9 Å². The molecule has 0 aromatic rings. The van der Waals surface area contributed by atoms with Crippen molar-refractivity contribution in [2.45, 2.75) is 12.2 Å². The third-order valence-electron chi connectivity index (χ3n) is 2.47. The zero-order valence-electron chi connectivity index (χ0n) is 7.29. The molecule has 4 aliphatic rings. The Balaban J connectivity index is 1.80. The lowest BCUT2D eigenvalue weighted by Gasteiger charge is -2.36. The van der Waals surface area contributed by atoms with E-state index in [0.717, 1.165) is 0 Å². The van der Waals surface area contributed by atoms with Gasteiger partial charge in [0, 0.05) is 13.1 Å². The van der Waals surface area contributed by atoms with E-state index in [0.29, 0.717) is 26.3 Å². The fraction of sp³-hybridized carbons (Fsp3) is 1.00. The molecular weight excluding hydrogens is 213 g/mol. The molecule has 14 heavy (non-hydrogen) atoms. The maximum Gasteiger partial charge on any atom is 0.483 e. The summed E-state index contributed by atoms with van der Waals surface area (Å²) in [6.07, 6.45) is -0.952. The number of rotatable bonds is 1. The van der Waals surface area contributed by atoms with Crippen molar-refractivity contribution in [3.05, 3.63) is 0 Å². The molecular formula is C6H10NO6P. The highest BCUT2D eigenvalue weighted by Gasteiger charge is 2.71. The van der Waals surface area contributed by atoms with Gasteiger partial charge in [0.05, 0.1) is 13.2 Å². The van der Waals surface area contributed by atoms with Gasteiger partial charge in [0.25, 0.3) is 5.91 Å². The van der Waals surface area contributed by atoms with Crippen molar-refractivity contribution in [1.82, 2.24) is 4.90 Å². The molecule has 0 amide bonds. The average molecular weight is 223 g/mol. The van der Waals surface area contributed by atoms with E-state index < -0.39 is 20.0 Å². The van der Waals surface area contributed by atoms with Crippen molar-refractivity contribution in [2.24, 2.45) is 0 Å². The molecule has 7 nitrogen and oxygen atoms in total. The van der Waals surface area contributed by atoms with Gasteiger partial charge in [-0.05, 0) is 0 Å². The van der Waals surface area contributed by atoms with Crippen molar-refractivity contribution in [3.8, 4) is 0 Å². The van der Waals surface area contributed by atoms with Gasteiger partial charge >= 0.3 is 7.82 Å². The van der Waals surface area contributed by atoms with Crippen LogP contribution in [0.5, 0.6) is 0 Å². The Morgan fingerprint density at radius 3 is 2.50 bits per heavy atom. The molecule has 0 aliphatic carbocycles. The van der Waals surface area contributed by atoms with Crippen LogP contribution in [0, 0.1) is 0 Å². The van der Waals surface area contributed by atoms with E-state index in [1.54, 1.807) is 4.90 Å². The van der Waals surface area contributed by atoms with E-state index in [4.69, 9.17) is 18.3 Å². The predicted octanol–water partition coefficient (Wildman–Crippen LogP) is -0.524. The molecule has 1 N–H and O–H groups in total. The molecule has 0 spiro atoms. The van der Waals surface area contributed by atoms with Gasteiger partial charge in [-0.25, -0.2) is 23.0 Å². The van der Waals surface area contributed by atoms with Gasteiger partial charge in [0.1, 0.15) is 0 Å². The SMILES string of the molecule is O=P12OC(O1)C(O)(N1CCOCC1)O2. The number of hydrogen-bond acceptors (Lipinski definition) is 7. The van der Waals surface area contributed by atoms with Crippen molar-refractivity contribution in [1.29, 1.82) is 0 Å². The lowest BCUT2D eigenvalue weighted by atomic mass is 10.3. The Morgan fingerprint density at radius 1 is 1.36 bits per heavy atom. The molecule has 4 heterocycles. The van der Waals surface area contributed by atoms with Crippen LogP contribution >= 0.6 is 7.82 Å². The lowest BCUT2D eigenvalue weighted by molar-refractivity contribution is -0.294. The van der Waals surface area contributed by atoms with E-state index in [2.05, 4.69) is 0 Å².